The van der Waals surface area contributed by atoms with Crippen LogP contribution in [0.1, 0.15) is 37.7 Å². The zero-order valence-corrected chi connectivity index (χ0v) is 28.1. The van der Waals surface area contributed by atoms with Crippen LogP contribution in [0.4, 0.5) is 0 Å². The Kier molecular flexibility index (Phi) is 11.6. The summed E-state index contributed by atoms with van der Waals surface area (Å²) in [4.78, 5) is 73.0. The number of aliphatic imine (C=N–C) groups is 1. The molecule has 2 fully saturated rings. The van der Waals surface area contributed by atoms with Crippen LogP contribution in [0, 0.1) is 0 Å². The van der Waals surface area contributed by atoms with Gasteiger partial charge in [0, 0.05) is 12.6 Å². The first-order valence-corrected chi connectivity index (χ1v) is 15.7. The van der Waals surface area contributed by atoms with E-state index < -0.39 is 52.3 Å². The summed E-state index contributed by atoms with van der Waals surface area (Å²) in [5, 5.41) is 0. The maximum absolute atomic E-state index is 13.9. The monoisotopic (exact) mass is 686 g/mol. The predicted molar refractivity (Wildman–Crippen MR) is 173 cm³/mol. The van der Waals surface area contributed by atoms with Gasteiger partial charge in [-0.05, 0) is 18.4 Å². The van der Waals surface area contributed by atoms with E-state index in [1.165, 1.54) is 4.90 Å². The van der Waals surface area contributed by atoms with Crippen LogP contribution in [0.25, 0.3) is 0 Å². The fraction of sp³-hybridized carbons (Fsp3) is 0.406. The van der Waals surface area contributed by atoms with Crippen molar-refractivity contribution in [2.24, 2.45) is 4.99 Å². The highest BCUT2D eigenvalue weighted by atomic mass is 32.2. The van der Waals surface area contributed by atoms with Gasteiger partial charge in [-0.15, -0.1) is 0 Å². The van der Waals surface area contributed by atoms with Gasteiger partial charge in [-0.3, -0.25) is 0 Å². The van der Waals surface area contributed by atoms with Crippen molar-refractivity contribution in [3.8, 4) is 0 Å². The van der Waals surface area contributed by atoms with Crippen LogP contribution < -0.4 is 0 Å². The van der Waals surface area contributed by atoms with E-state index >= 15 is 0 Å². The molecule has 1 aromatic carbocycles. The molecule has 1 aliphatic carbocycles. The van der Waals surface area contributed by atoms with Crippen LogP contribution in [0.5, 0.6) is 0 Å². The molecule has 0 N–H and O–H groups in total. The quantitative estimate of drug-likeness (QED) is 0.161. The lowest BCUT2D eigenvalue weighted by Gasteiger charge is -2.37. The molecule has 0 amide bonds. The second kappa shape index (κ2) is 15.4. The van der Waals surface area contributed by atoms with E-state index in [4.69, 9.17) is 45.6 Å². The SMILES string of the molecule is COC(=O)C=C(C(=O)OC)C(C(=O)OC)=C1SC(=S)N(Cc2ccccc2)C12OC(=NC1CCCCC1)C(C(=O)OC)=C2C(=O)OC. The Hall–Kier alpha value is -4.50. The number of hydrogen-bond donors (Lipinski definition) is 0. The Morgan fingerprint density at radius 2 is 1.55 bits per heavy atom. The molecular formula is C32H34N2O11S2. The Bertz CT molecular complexity index is 1590. The normalized spacial score (nSPS) is 21.8. The van der Waals surface area contributed by atoms with Crippen LogP contribution in [-0.2, 0) is 58.9 Å². The third-order valence-corrected chi connectivity index (χ3v) is 9.29. The molecule has 1 unspecified atom stereocenters. The zero-order valence-electron chi connectivity index (χ0n) is 26.5. The molecule has 1 atom stereocenters. The molecule has 47 heavy (non-hydrogen) atoms. The number of carbonyl (C=O) groups excluding carboxylic acids is 5. The minimum Gasteiger partial charge on any atom is -0.466 e. The van der Waals surface area contributed by atoms with E-state index in [9.17, 15) is 24.0 Å². The molecule has 2 heterocycles. The molecule has 1 saturated carbocycles. The highest BCUT2D eigenvalue weighted by molar-refractivity contribution is 8.26. The molecule has 13 nitrogen and oxygen atoms in total. The molecule has 1 spiro atoms. The number of rotatable bonds is 9. The van der Waals surface area contributed by atoms with Gasteiger partial charge in [-0.1, -0.05) is 73.6 Å². The molecule has 0 aromatic heterocycles. The van der Waals surface area contributed by atoms with Crippen molar-refractivity contribution in [1.29, 1.82) is 0 Å². The van der Waals surface area contributed by atoms with Crippen LogP contribution in [0.15, 0.2) is 68.6 Å². The van der Waals surface area contributed by atoms with E-state index in [0.717, 1.165) is 72.6 Å². The Morgan fingerprint density at radius 3 is 2.13 bits per heavy atom. The average molecular weight is 687 g/mol. The Labute approximate surface area is 280 Å². The topological polar surface area (TPSA) is 156 Å². The van der Waals surface area contributed by atoms with E-state index in [1.807, 2.05) is 6.07 Å². The van der Waals surface area contributed by atoms with Gasteiger partial charge in [0.2, 0.25) is 5.90 Å². The number of esters is 5. The minimum absolute atomic E-state index is 0.00937. The summed E-state index contributed by atoms with van der Waals surface area (Å²) in [5.41, 5.74) is -3.37. The maximum Gasteiger partial charge on any atom is 0.344 e. The Balaban J connectivity index is 2.19. The number of hydrogen-bond acceptors (Lipinski definition) is 14. The van der Waals surface area contributed by atoms with E-state index in [1.54, 1.807) is 24.3 Å². The molecule has 1 aromatic rings. The molecular weight excluding hydrogens is 652 g/mol. The summed E-state index contributed by atoms with van der Waals surface area (Å²) >= 11 is 6.63. The lowest BCUT2D eigenvalue weighted by Crippen LogP contribution is -2.50. The fourth-order valence-electron chi connectivity index (χ4n) is 5.54. The molecule has 15 heteroatoms. The Morgan fingerprint density at radius 1 is 0.915 bits per heavy atom. The zero-order chi connectivity index (χ0) is 34.3. The van der Waals surface area contributed by atoms with E-state index in [2.05, 4.69) is 0 Å². The van der Waals surface area contributed by atoms with Crippen molar-refractivity contribution in [2.75, 3.05) is 35.5 Å². The van der Waals surface area contributed by atoms with Crippen molar-refractivity contribution in [3.63, 3.8) is 0 Å². The largest absolute Gasteiger partial charge is 0.466 e. The van der Waals surface area contributed by atoms with Crippen molar-refractivity contribution in [2.45, 2.75) is 50.4 Å². The smallest absolute Gasteiger partial charge is 0.344 e. The molecule has 0 bridgehead atoms. The second-order valence-corrected chi connectivity index (χ2v) is 12.1. The van der Waals surface area contributed by atoms with E-state index in [0.29, 0.717) is 18.4 Å². The molecule has 250 valence electrons. The van der Waals surface area contributed by atoms with Gasteiger partial charge < -0.3 is 33.3 Å². The van der Waals surface area contributed by atoms with Crippen LogP contribution >= 0.6 is 24.0 Å². The molecule has 2 aliphatic heterocycles. The van der Waals surface area contributed by atoms with Gasteiger partial charge in [-0.2, -0.15) is 0 Å². The number of benzene rings is 1. The third-order valence-electron chi connectivity index (χ3n) is 7.74. The summed E-state index contributed by atoms with van der Waals surface area (Å²) in [6.07, 6.45) is 4.96. The lowest BCUT2D eigenvalue weighted by molar-refractivity contribution is -0.141. The number of carbonyl (C=O) groups is 5. The molecule has 4 rings (SSSR count). The number of nitrogens with zero attached hydrogens (tertiary/aromatic N) is 2. The maximum atomic E-state index is 13.9. The first kappa shape index (κ1) is 35.4. The first-order valence-electron chi connectivity index (χ1n) is 14.5. The predicted octanol–water partition coefficient (Wildman–Crippen LogP) is 3.32. The van der Waals surface area contributed by atoms with Crippen molar-refractivity contribution in [3.05, 3.63) is 69.2 Å². The van der Waals surface area contributed by atoms with Crippen molar-refractivity contribution in [1.82, 2.24) is 4.90 Å². The standard InChI is InChI=1S/C32H34N2O11S2/c1-40-21(35)16-20(27(36)41-2)22(28(37)42-3)25-32(34(31(46)47-25)17-18-12-8-6-9-13-18)24(30(39)44-5)23(29(38)43-4)26(45-32)33-19-14-10-7-11-15-19/h6,8-9,12-13,16,19H,7,10-11,14-15,17H2,1-5H3. The molecule has 1 saturated heterocycles. The van der Waals surface area contributed by atoms with Gasteiger partial charge in [-0.25, -0.2) is 29.0 Å². The molecule has 0 radical (unpaired) electrons. The fourth-order valence-corrected chi connectivity index (χ4v) is 7.15. The van der Waals surface area contributed by atoms with E-state index in [-0.39, 0.29) is 33.3 Å². The first-order chi connectivity index (χ1) is 22.6. The van der Waals surface area contributed by atoms with Crippen LogP contribution in [-0.4, -0.2) is 92.3 Å². The highest BCUT2D eigenvalue weighted by Crippen LogP contribution is 2.56. The van der Waals surface area contributed by atoms with Crippen molar-refractivity contribution >= 4 is 64.0 Å². The summed E-state index contributed by atoms with van der Waals surface area (Å²) in [7, 11) is 5.43. The number of thioether (sulfide) groups is 1. The second-order valence-electron chi connectivity index (χ2n) is 10.4. The summed E-state index contributed by atoms with van der Waals surface area (Å²) < 4.78 is 31.8. The summed E-state index contributed by atoms with van der Waals surface area (Å²) in [6, 6.07) is 8.75. The molecule has 3 aliphatic rings. The highest BCUT2D eigenvalue weighted by Gasteiger charge is 2.65. The lowest BCUT2D eigenvalue weighted by atomic mass is 9.92. The number of methoxy groups -OCH3 is 5. The average Bonchev–Trinajstić information content (AvgIpc) is 3.56. The van der Waals surface area contributed by atoms with Crippen molar-refractivity contribution < 1.29 is 52.4 Å². The number of ether oxygens (including phenoxy) is 6. The third kappa shape index (κ3) is 6.95. The van der Waals surface area contributed by atoms with Gasteiger partial charge in [0.1, 0.15) is 15.5 Å². The van der Waals surface area contributed by atoms with Crippen LogP contribution in [0.2, 0.25) is 0 Å². The van der Waals surface area contributed by atoms with Gasteiger partial charge >= 0.3 is 29.8 Å². The summed E-state index contributed by atoms with van der Waals surface area (Å²) in [6.45, 7) is -0.00937. The van der Waals surface area contributed by atoms with Gasteiger partial charge in [0.25, 0.3) is 5.72 Å². The number of thiocarbonyl (C=S) groups is 1. The van der Waals surface area contributed by atoms with Crippen LogP contribution in [0.3, 0.4) is 0 Å². The van der Waals surface area contributed by atoms with Gasteiger partial charge in [0.05, 0.1) is 57.6 Å². The van der Waals surface area contributed by atoms with Gasteiger partial charge in [0.15, 0.2) is 0 Å². The minimum atomic E-state index is -2.23. The summed E-state index contributed by atoms with van der Waals surface area (Å²) in [5.74, 6) is -5.44.